The van der Waals surface area contributed by atoms with Gasteiger partial charge in [0.15, 0.2) is 5.72 Å². The van der Waals surface area contributed by atoms with Gasteiger partial charge in [0.2, 0.25) is 0 Å². The maximum absolute atomic E-state index is 11.8. The summed E-state index contributed by atoms with van der Waals surface area (Å²) in [6.07, 6.45) is -1.77. The van der Waals surface area contributed by atoms with E-state index >= 15 is 0 Å². The molecular weight excluding hydrogens is 510 g/mol. The SMILES string of the molecule is C[C@@H]1O[C@@H](SC2(N[C@]3(O)[C@H](O)[C@H](C)O[C@@H](SC4CCCC(O)C4)[C@H]3O)CCCCC2)[C@@H](O)[C@H](O)[C@@H]1O. The molecule has 0 spiro atoms. The maximum atomic E-state index is 11.8. The average molecular weight is 554 g/mol. The van der Waals surface area contributed by atoms with Crippen LogP contribution in [0.2, 0.25) is 0 Å². The van der Waals surface area contributed by atoms with Gasteiger partial charge < -0.3 is 45.2 Å². The van der Waals surface area contributed by atoms with Gasteiger partial charge in [-0.15, -0.1) is 23.5 Å². The highest BCUT2D eigenvalue weighted by atomic mass is 32.2. The van der Waals surface area contributed by atoms with E-state index in [-0.39, 0.29) is 5.25 Å². The Labute approximate surface area is 221 Å². The van der Waals surface area contributed by atoms with Gasteiger partial charge in [-0.05, 0) is 52.4 Å². The third-order valence-corrected chi connectivity index (χ3v) is 11.2. The summed E-state index contributed by atoms with van der Waals surface area (Å²) in [5.41, 5.74) is -3.79. The molecule has 0 bridgehead atoms. The smallest absolute Gasteiger partial charge is 0.175 e. The van der Waals surface area contributed by atoms with Crippen molar-refractivity contribution in [3.8, 4) is 0 Å². The zero-order valence-electron chi connectivity index (χ0n) is 21.0. The van der Waals surface area contributed by atoms with Crippen LogP contribution in [0.5, 0.6) is 0 Å². The number of hydrogen-bond donors (Lipinski definition) is 8. The predicted octanol–water partition coefficient (Wildman–Crippen LogP) is -0.0110. The lowest BCUT2D eigenvalue weighted by atomic mass is 9.88. The van der Waals surface area contributed by atoms with Crippen molar-refractivity contribution in [1.82, 2.24) is 5.32 Å². The van der Waals surface area contributed by atoms with Crippen LogP contribution in [0.4, 0.5) is 0 Å². The number of aliphatic hydroxyl groups is 7. The van der Waals surface area contributed by atoms with Gasteiger partial charge in [-0.1, -0.05) is 19.3 Å². The molecule has 2 aliphatic carbocycles. The van der Waals surface area contributed by atoms with Crippen molar-refractivity contribution in [2.75, 3.05) is 0 Å². The summed E-state index contributed by atoms with van der Waals surface area (Å²) < 4.78 is 11.8. The summed E-state index contributed by atoms with van der Waals surface area (Å²) in [4.78, 5) is -0.865. The first kappa shape index (κ1) is 29.3. The van der Waals surface area contributed by atoms with Gasteiger partial charge in [0, 0.05) is 5.25 Å². The molecule has 0 amide bonds. The first-order valence-electron chi connectivity index (χ1n) is 13.2. The van der Waals surface area contributed by atoms with Crippen molar-refractivity contribution in [1.29, 1.82) is 0 Å². The Kier molecular flexibility index (Phi) is 9.61. The molecule has 10 nitrogen and oxygen atoms in total. The number of nitrogens with one attached hydrogen (secondary N) is 1. The summed E-state index contributed by atoms with van der Waals surface area (Å²) in [5.74, 6) is 0. The number of aliphatic hydroxyl groups excluding tert-OH is 6. The quantitative estimate of drug-likeness (QED) is 0.207. The molecular formula is C24H43NO9S2. The average Bonchev–Trinajstić information content (AvgIpc) is 2.84. The highest BCUT2D eigenvalue weighted by molar-refractivity contribution is 8.01. The molecule has 2 aliphatic heterocycles. The Morgan fingerprint density at radius 3 is 2.08 bits per heavy atom. The van der Waals surface area contributed by atoms with Crippen LogP contribution >= 0.6 is 23.5 Å². The Bertz CT molecular complexity index is 732. The van der Waals surface area contributed by atoms with E-state index in [0.717, 1.165) is 38.5 Å². The molecule has 36 heavy (non-hydrogen) atoms. The Morgan fingerprint density at radius 2 is 1.42 bits per heavy atom. The lowest BCUT2D eigenvalue weighted by molar-refractivity contribution is -0.263. The zero-order valence-corrected chi connectivity index (χ0v) is 22.6. The van der Waals surface area contributed by atoms with Crippen molar-refractivity contribution in [2.24, 2.45) is 0 Å². The van der Waals surface area contributed by atoms with Gasteiger partial charge in [0.05, 0.1) is 23.2 Å². The number of rotatable bonds is 6. The molecule has 8 N–H and O–H groups in total. The monoisotopic (exact) mass is 553 g/mol. The number of hydrogen-bond acceptors (Lipinski definition) is 12. The molecule has 210 valence electrons. The number of thioether (sulfide) groups is 2. The minimum absolute atomic E-state index is 0.0679. The van der Waals surface area contributed by atoms with Crippen molar-refractivity contribution in [3.63, 3.8) is 0 Å². The standard InChI is InChI=1S/C24H43NO9S2/c1-12-16(27)17(28)18(29)21(33-12)36-23(9-4-3-5-10-23)25-24(32)19(30)13(2)34-22(20(24)31)35-15-8-6-7-14(26)11-15/h12-22,25-32H,3-11H2,1-2H3/t12-,13-,14?,15?,16+,17+,18-,19+,20+,21-,22-,24-/m0/s1. The van der Waals surface area contributed by atoms with E-state index in [2.05, 4.69) is 5.32 Å². The van der Waals surface area contributed by atoms with E-state index in [1.807, 2.05) is 0 Å². The molecule has 4 rings (SSSR count). The molecule has 2 saturated carbocycles. The van der Waals surface area contributed by atoms with Gasteiger partial charge in [-0.3, -0.25) is 5.32 Å². The van der Waals surface area contributed by atoms with Crippen LogP contribution < -0.4 is 5.32 Å². The van der Waals surface area contributed by atoms with Crippen LogP contribution in [0.3, 0.4) is 0 Å². The fourth-order valence-corrected chi connectivity index (χ4v) is 9.22. The summed E-state index contributed by atoms with van der Waals surface area (Å²) >= 11 is 2.61. The third kappa shape index (κ3) is 6.05. The normalized spacial score (nSPS) is 50.1. The summed E-state index contributed by atoms with van der Waals surface area (Å²) in [7, 11) is 0. The molecule has 4 aliphatic rings. The molecule has 0 radical (unpaired) electrons. The van der Waals surface area contributed by atoms with Gasteiger partial charge in [0.25, 0.3) is 0 Å². The second kappa shape index (κ2) is 11.8. The van der Waals surface area contributed by atoms with Crippen LogP contribution in [0.25, 0.3) is 0 Å². The van der Waals surface area contributed by atoms with Crippen LogP contribution in [-0.2, 0) is 9.47 Å². The Balaban J connectivity index is 1.54. The minimum Gasteiger partial charge on any atom is -0.393 e. The highest BCUT2D eigenvalue weighted by Crippen LogP contribution is 2.47. The fraction of sp³-hybridized carbons (Fsp3) is 1.00. The largest absolute Gasteiger partial charge is 0.393 e. The third-order valence-electron chi connectivity index (χ3n) is 8.12. The van der Waals surface area contributed by atoms with E-state index < -0.39 is 70.3 Å². The lowest BCUT2D eigenvalue weighted by Crippen LogP contribution is -2.75. The first-order valence-corrected chi connectivity index (χ1v) is 15.0. The van der Waals surface area contributed by atoms with Gasteiger partial charge >= 0.3 is 0 Å². The Hall–Kier alpha value is 0.300. The minimum atomic E-state index is -2.10. The van der Waals surface area contributed by atoms with Crippen LogP contribution in [-0.4, -0.2) is 111 Å². The molecule has 2 heterocycles. The number of ether oxygens (including phenoxy) is 2. The molecule has 12 atom stereocenters. The van der Waals surface area contributed by atoms with Crippen LogP contribution in [0, 0.1) is 0 Å². The second-order valence-corrected chi connectivity index (χ2v) is 13.9. The van der Waals surface area contributed by atoms with Crippen LogP contribution in [0.1, 0.15) is 71.6 Å². The second-order valence-electron chi connectivity index (χ2n) is 11.0. The van der Waals surface area contributed by atoms with Crippen LogP contribution in [0.15, 0.2) is 0 Å². The molecule has 0 aromatic carbocycles. The molecule has 12 heteroatoms. The highest BCUT2D eigenvalue weighted by Gasteiger charge is 2.58. The molecule has 4 fully saturated rings. The van der Waals surface area contributed by atoms with E-state index in [1.54, 1.807) is 13.8 Å². The molecule has 2 saturated heterocycles. The predicted molar refractivity (Wildman–Crippen MR) is 136 cm³/mol. The first-order chi connectivity index (χ1) is 17.0. The molecule has 0 aromatic heterocycles. The van der Waals surface area contributed by atoms with E-state index in [4.69, 9.17) is 9.47 Å². The van der Waals surface area contributed by atoms with Crippen molar-refractivity contribution < 1.29 is 45.2 Å². The van der Waals surface area contributed by atoms with E-state index in [1.165, 1.54) is 23.5 Å². The molecule has 0 aromatic rings. The Morgan fingerprint density at radius 1 is 0.750 bits per heavy atom. The van der Waals surface area contributed by atoms with Crippen molar-refractivity contribution >= 4 is 23.5 Å². The lowest BCUT2D eigenvalue weighted by Gasteiger charge is -2.54. The van der Waals surface area contributed by atoms with Gasteiger partial charge in [0.1, 0.15) is 41.4 Å². The van der Waals surface area contributed by atoms with E-state index in [9.17, 15) is 35.7 Å². The van der Waals surface area contributed by atoms with Gasteiger partial charge in [-0.2, -0.15) is 0 Å². The molecule has 2 unspecified atom stereocenters. The van der Waals surface area contributed by atoms with Crippen molar-refractivity contribution in [2.45, 2.75) is 147 Å². The topological polar surface area (TPSA) is 172 Å². The maximum Gasteiger partial charge on any atom is 0.175 e. The summed E-state index contributed by atoms with van der Waals surface area (Å²) in [6.45, 7) is 3.28. The van der Waals surface area contributed by atoms with Gasteiger partial charge in [-0.25, -0.2) is 0 Å². The zero-order chi connectivity index (χ0) is 26.3. The summed E-state index contributed by atoms with van der Waals surface area (Å²) in [6, 6.07) is 0. The fourth-order valence-electron chi connectivity index (χ4n) is 5.88. The van der Waals surface area contributed by atoms with Crippen molar-refractivity contribution in [3.05, 3.63) is 0 Å². The van der Waals surface area contributed by atoms with E-state index in [0.29, 0.717) is 19.3 Å². The summed E-state index contributed by atoms with van der Waals surface area (Å²) in [5, 5.41) is 78.6.